The van der Waals surface area contributed by atoms with E-state index < -0.39 is 5.83 Å². The lowest BCUT2D eigenvalue weighted by molar-refractivity contribution is 0.377. The van der Waals surface area contributed by atoms with Crippen LogP contribution in [0.1, 0.15) is 58.1 Å². The molecule has 1 N–H and O–H groups in total. The topological polar surface area (TPSA) is 29.5 Å². The average Bonchev–Trinajstić information content (AvgIpc) is 2.68. The highest BCUT2D eigenvalue weighted by Crippen LogP contribution is 2.41. The van der Waals surface area contributed by atoms with Crippen LogP contribution in [0.25, 0.3) is 5.83 Å². The van der Waals surface area contributed by atoms with Crippen LogP contribution in [-0.2, 0) is 0 Å². The number of phenolic OH excluding ortho intramolecular Hbond substituents is 1. The highest BCUT2D eigenvalue weighted by Gasteiger charge is 2.26. The van der Waals surface area contributed by atoms with E-state index in [1.807, 2.05) is 43.3 Å². The van der Waals surface area contributed by atoms with Crippen molar-refractivity contribution in [3.63, 3.8) is 0 Å². The monoisotopic (exact) mass is 406 g/mol. The molecule has 0 fully saturated rings. The molecular weight excluding hydrogens is 375 g/mol. The number of hydrogen-bond donors (Lipinski definition) is 1. The first-order valence-electron chi connectivity index (χ1n) is 10.5. The third-order valence-corrected chi connectivity index (χ3v) is 5.85. The van der Waals surface area contributed by atoms with Crippen LogP contribution in [0.4, 0.5) is 4.39 Å². The van der Waals surface area contributed by atoms with Gasteiger partial charge in [0, 0.05) is 6.07 Å². The van der Waals surface area contributed by atoms with E-state index in [-0.39, 0.29) is 16.7 Å². The first-order chi connectivity index (χ1) is 14.2. The molecule has 0 radical (unpaired) electrons. The van der Waals surface area contributed by atoms with Crippen LogP contribution in [0.15, 0.2) is 71.3 Å². The Hall–Kier alpha value is -2.81. The van der Waals surface area contributed by atoms with Crippen LogP contribution in [0.5, 0.6) is 17.2 Å². The predicted molar refractivity (Wildman–Crippen MR) is 123 cm³/mol. The molecule has 1 aliphatic carbocycles. The van der Waals surface area contributed by atoms with Gasteiger partial charge in [-0.05, 0) is 80.9 Å². The minimum absolute atomic E-state index is 0.104. The van der Waals surface area contributed by atoms with Gasteiger partial charge in [0.05, 0.1) is 5.56 Å². The summed E-state index contributed by atoms with van der Waals surface area (Å²) in [5.74, 6) is 0.559. The van der Waals surface area contributed by atoms with Crippen LogP contribution in [0, 0.1) is 12.3 Å². The highest BCUT2D eigenvalue weighted by atomic mass is 19.1. The number of benzene rings is 2. The highest BCUT2D eigenvalue weighted by molar-refractivity contribution is 5.70. The van der Waals surface area contributed by atoms with Gasteiger partial charge in [0.2, 0.25) is 0 Å². The van der Waals surface area contributed by atoms with E-state index >= 15 is 4.39 Å². The second-order valence-corrected chi connectivity index (χ2v) is 8.86. The molecule has 0 unspecified atom stereocenters. The number of rotatable bonds is 5. The molecule has 1 aliphatic rings. The maximum atomic E-state index is 15.0. The van der Waals surface area contributed by atoms with E-state index in [0.717, 1.165) is 18.4 Å². The molecule has 0 amide bonds. The van der Waals surface area contributed by atoms with E-state index in [0.29, 0.717) is 17.1 Å². The lowest BCUT2D eigenvalue weighted by Gasteiger charge is -2.33. The molecule has 3 heteroatoms. The SMILES string of the molecule is CC1=C(/C=C/C(C)=C(\F)c2ccc(Oc3ccc(C)cc3)cc2O)C(C)(C)CCC1. The molecule has 2 nitrogen and oxygen atoms in total. The first kappa shape index (κ1) is 21.9. The van der Waals surface area contributed by atoms with Crippen molar-refractivity contribution in [2.24, 2.45) is 5.41 Å². The van der Waals surface area contributed by atoms with Crippen LogP contribution in [-0.4, -0.2) is 5.11 Å². The minimum Gasteiger partial charge on any atom is -0.507 e. The Morgan fingerprint density at radius 2 is 1.73 bits per heavy atom. The zero-order chi connectivity index (χ0) is 21.9. The molecule has 2 aromatic carbocycles. The van der Waals surface area contributed by atoms with Gasteiger partial charge in [-0.25, -0.2) is 4.39 Å². The lowest BCUT2D eigenvalue weighted by atomic mass is 9.72. The van der Waals surface area contributed by atoms with Gasteiger partial charge >= 0.3 is 0 Å². The van der Waals surface area contributed by atoms with Gasteiger partial charge in [-0.1, -0.05) is 49.3 Å². The summed E-state index contributed by atoms with van der Waals surface area (Å²) in [5.41, 5.74) is 4.55. The van der Waals surface area contributed by atoms with E-state index in [9.17, 15) is 5.11 Å². The second kappa shape index (κ2) is 8.91. The summed E-state index contributed by atoms with van der Waals surface area (Å²) in [7, 11) is 0. The minimum atomic E-state index is -0.433. The second-order valence-electron chi connectivity index (χ2n) is 8.86. The summed E-state index contributed by atoms with van der Waals surface area (Å²) in [6.45, 7) is 10.4. The molecule has 2 aromatic rings. The van der Waals surface area contributed by atoms with Crippen molar-refractivity contribution < 1.29 is 14.2 Å². The van der Waals surface area contributed by atoms with Crippen LogP contribution in [0.2, 0.25) is 0 Å². The molecule has 0 saturated heterocycles. The fourth-order valence-electron chi connectivity index (χ4n) is 4.01. The van der Waals surface area contributed by atoms with Gasteiger partial charge in [0.25, 0.3) is 0 Å². The number of halogens is 1. The zero-order valence-corrected chi connectivity index (χ0v) is 18.6. The number of allylic oxidation sites excluding steroid dienone is 5. The normalized spacial score (nSPS) is 17.3. The average molecular weight is 407 g/mol. The Morgan fingerprint density at radius 3 is 2.37 bits per heavy atom. The van der Waals surface area contributed by atoms with Gasteiger partial charge in [-0.3, -0.25) is 0 Å². The summed E-state index contributed by atoms with van der Waals surface area (Å²) in [6.07, 6.45) is 7.28. The molecule has 3 rings (SSSR count). The Balaban J connectivity index is 1.82. The number of aromatic hydroxyl groups is 1. The van der Waals surface area contributed by atoms with Gasteiger partial charge in [0.15, 0.2) is 0 Å². The van der Waals surface area contributed by atoms with E-state index in [2.05, 4.69) is 20.8 Å². The van der Waals surface area contributed by atoms with Crippen molar-refractivity contribution >= 4 is 5.83 Å². The summed E-state index contributed by atoms with van der Waals surface area (Å²) >= 11 is 0. The van der Waals surface area contributed by atoms with Gasteiger partial charge in [0.1, 0.15) is 23.1 Å². The maximum Gasteiger partial charge on any atom is 0.137 e. The Bertz CT molecular complexity index is 1010. The number of ether oxygens (including phenoxy) is 1. The third kappa shape index (κ3) is 5.02. The van der Waals surface area contributed by atoms with E-state index in [4.69, 9.17) is 4.74 Å². The van der Waals surface area contributed by atoms with E-state index in [1.165, 1.54) is 23.6 Å². The molecule has 30 heavy (non-hydrogen) atoms. The fourth-order valence-corrected chi connectivity index (χ4v) is 4.01. The van der Waals surface area contributed by atoms with Crippen molar-refractivity contribution in [2.45, 2.75) is 53.9 Å². The molecule has 0 aromatic heterocycles. The molecule has 0 bridgehead atoms. The Morgan fingerprint density at radius 1 is 1.07 bits per heavy atom. The standard InChI is InChI=1S/C27H31FO2/c1-18-8-11-21(12-9-18)30-22-13-14-23(25(29)17-22)26(28)20(3)10-15-24-19(2)7-6-16-27(24,4)5/h8-15,17,29H,6-7,16H2,1-5H3/b15-10+,26-20-. The van der Waals surface area contributed by atoms with Gasteiger partial charge < -0.3 is 9.84 Å². The molecule has 0 heterocycles. The quantitative estimate of drug-likeness (QED) is 0.506. The van der Waals surface area contributed by atoms with Crippen molar-refractivity contribution in [1.29, 1.82) is 0 Å². The molecule has 0 saturated carbocycles. The number of hydrogen-bond acceptors (Lipinski definition) is 2. The first-order valence-corrected chi connectivity index (χ1v) is 10.5. The van der Waals surface area contributed by atoms with Crippen LogP contribution >= 0.6 is 0 Å². The fraction of sp³-hybridized carbons (Fsp3) is 0.333. The summed E-state index contributed by atoms with van der Waals surface area (Å²) in [4.78, 5) is 0. The van der Waals surface area contributed by atoms with Crippen LogP contribution < -0.4 is 4.74 Å². The van der Waals surface area contributed by atoms with E-state index in [1.54, 1.807) is 19.1 Å². The largest absolute Gasteiger partial charge is 0.507 e. The van der Waals surface area contributed by atoms with Crippen molar-refractivity contribution in [2.75, 3.05) is 0 Å². The molecule has 0 atom stereocenters. The summed E-state index contributed by atoms with van der Waals surface area (Å²) in [5, 5.41) is 10.4. The smallest absolute Gasteiger partial charge is 0.137 e. The summed E-state index contributed by atoms with van der Waals surface area (Å²) < 4.78 is 20.8. The Labute approximate surface area is 179 Å². The van der Waals surface area contributed by atoms with Crippen molar-refractivity contribution in [3.05, 3.63) is 82.5 Å². The zero-order valence-electron chi connectivity index (χ0n) is 18.6. The molecule has 0 aliphatic heterocycles. The van der Waals surface area contributed by atoms with Gasteiger partial charge in [-0.15, -0.1) is 0 Å². The van der Waals surface area contributed by atoms with Crippen molar-refractivity contribution in [3.8, 4) is 17.2 Å². The lowest BCUT2D eigenvalue weighted by Crippen LogP contribution is -2.19. The number of phenols is 1. The van der Waals surface area contributed by atoms with Gasteiger partial charge in [-0.2, -0.15) is 0 Å². The van der Waals surface area contributed by atoms with Crippen molar-refractivity contribution in [1.82, 2.24) is 0 Å². The summed E-state index contributed by atoms with van der Waals surface area (Å²) in [6, 6.07) is 12.3. The molecule has 0 spiro atoms. The maximum absolute atomic E-state index is 15.0. The third-order valence-electron chi connectivity index (χ3n) is 5.85. The predicted octanol–water partition coefficient (Wildman–Crippen LogP) is 8.28. The van der Waals surface area contributed by atoms with Crippen LogP contribution in [0.3, 0.4) is 0 Å². The Kier molecular flexibility index (Phi) is 6.50. The molecular formula is C27H31FO2. The molecule has 158 valence electrons. The number of aryl methyl sites for hydroxylation is 1.